The number of halogens is 2. The monoisotopic (exact) mass is 405 g/mol. The molecule has 3 rings (SSSR count). The number of imide groups is 1. The second-order valence-corrected chi connectivity index (χ2v) is 6.17. The highest BCUT2D eigenvalue weighted by Gasteiger charge is 2.41. The number of fused-ring (bicyclic) bond motifs is 1. The molecule has 1 aliphatic heterocycles. The van der Waals surface area contributed by atoms with E-state index in [1.165, 1.54) is 44.4 Å². The summed E-state index contributed by atoms with van der Waals surface area (Å²) >= 11 is 0. The average Bonchev–Trinajstić information content (AvgIpc) is 2.96. The lowest BCUT2D eigenvalue weighted by Crippen LogP contribution is -2.43. The lowest BCUT2D eigenvalue weighted by atomic mass is 10.1. The van der Waals surface area contributed by atoms with Crippen molar-refractivity contribution in [2.24, 2.45) is 0 Å². The summed E-state index contributed by atoms with van der Waals surface area (Å²) in [5, 5.41) is 0. The summed E-state index contributed by atoms with van der Waals surface area (Å²) in [6.07, 6.45) is 0. The maximum absolute atomic E-state index is 12.4. The van der Waals surface area contributed by atoms with Gasteiger partial charge in [-0.15, -0.1) is 0 Å². The van der Waals surface area contributed by atoms with E-state index in [4.69, 9.17) is 9.47 Å². The van der Waals surface area contributed by atoms with Crippen molar-refractivity contribution in [3.05, 3.63) is 59.2 Å². The molecule has 0 aliphatic carbocycles. The third-order valence-electron chi connectivity index (χ3n) is 4.38. The highest BCUT2D eigenvalue weighted by atomic mass is 19.3. The molecule has 1 aliphatic rings. The van der Waals surface area contributed by atoms with E-state index in [9.17, 15) is 23.2 Å². The minimum Gasteiger partial charge on any atom is -0.493 e. The molecule has 0 unspecified atom stereocenters. The molecule has 0 radical (unpaired) electrons. The Bertz CT molecular complexity index is 927. The Kier molecular flexibility index (Phi) is 5.76. The highest BCUT2D eigenvalue weighted by Crippen LogP contribution is 2.30. The summed E-state index contributed by atoms with van der Waals surface area (Å²) < 4.78 is 39.3. The van der Waals surface area contributed by atoms with Gasteiger partial charge in [0.25, 0.3) is 11.8 Å². The zero-order valence-electron chi connectivity index (χ0n) is 15.6. The van der Waals surface area contributed by atoms with Crippen LogP contribution in [0.1, 0.15) is 33.2 Å². The molecule has 7 nitrogen and oxygen atoms in total. The van der Waals surface area contributed by atoms with Crippen LogP contribution in [0.4, 0.5) is 8.78 Å². The first kappa shape index (κ1) is 20.2. The van der Waals surface area contributed by atoms with Gasteiger partial charge in [-0.1, -0.05) is 18.2 Å². The standard InChI is InChI=1S/C20H17F2NO6/c1-11(23-17(24)13-5-3-4-6-14(13)18(23)25)19(26)28-10-12-7-8-15(29-20(21)22)16(9-12)27-2/h3-9,11,20H,10H2,1-2H3/t11-/m0/s1. The maximum Gasteiger partial charge on any atom is 0.387 e. The molecule has 0 N–H and O–H groups in total. The average molecular weight is 405 g/mol. The Morgan fingerprint density at radius 3 is 2.21 bits per heavy atom. The number of carbonyl (C=O) groups is 3. The van der Waals surface area contributed by atoms with Gasteiger partial charge >= 0.3 is 12.6 Å². The normalized spacial score (nSPS) is 14.0. The minimum atomic E-state index is -3.01. The third kappa shape index (κ3) is 4.03. The van der Waals surface area contributed by atoms with Crippen LogP contribution < -0.4 is 9.47 Å². The predicted molar refractivity (Wildman–Crippen MR) is 95.8 cm³/mol. The number of hydrogen-bond acceptors (Lipinski definition) is 6. The van der Waals surface area contributed by atoms with Crippen LogP contribution in [-0.4, -0.2) is 42.4 Å². The summed E-state index contributed by atoms with van der Waals surface area (Å²) in [6, 6.07) is 9.24. The molecule has 0 fully saturated rings. The van der Waals surface area contributed by atoms with Crippen LogP contribution in [0, 0.1) is 0 Å². The fourth-order valence-corrected chi connectivity index (χ4v) is 2.94. The second-order valence-electron chi connectivity index (χ2n) is 6.17. The van der Waals surface area contributed by atoms with Crippen molar-refractivity contribution in [1.29, 1.82) is 0 Å². The Morgan fingerprint density at radius 2 is 1.66 bits per heavy atom. The summed E-state index contributed by atoms with van der Waals surface area (Å²) in [6.45, 7) is -1.82. The number of nitrogens with zero attached hydrogens (tertiary/aromatic N) is 1. The molecular formula is C20H17F2NO6. The molecule has 2 aromatic rings. The number of carbonyl (C=O) groups excluding carboxylic acids is 3. The fourth-order valence-electron chi connectivity index (χ4n) is 2.94. The minimum absolute atomic E-state index is 0.0484. The lowest BCUT2D eigenvalue weighted by Gasteiger charge is -2.21. The van der Waals surface area contributed by atoms with Crippen LogP contribution in [0.5, 0.6) is 11.5 Å². The number of esters is 1. The molecule has 2 aromatic carbocycles. The van der Waals surface area contributed by atoms with Crippen molar-refractivity contribution >= 4 is 17.8 Å². The van der Waals surface area contributed by atoms with Crippen molar-refractivity contribution in [2.75, 3.05) is 7.11 Å². The fraction of sp³-hybridized carbons (Fsp3) is 0.250. The molecule has 9 heteroatoms. The zero-order valence-corrected chi connectivity index (χ0v) is 15.6. The number of rotatable bonds is 7. The number of methoxy groups -OCH3 is 1. The van der Waals surface area contributed by atoms with Gasteiger partial charge in [0.2, 0.25) is 0 Å². The quantitative estimate of drug-likeness (QED) is 0.520. The smallest absolute Gasteiger partial charge is 0.387 e. The first-order chi connectivity index (χ1) is 13.8. The van der Waals surface area contributed by atoms with Gasteiger partial charge < -0.3 is 14.2 Å². The van der Waals surface area contributed by atoms with E-state index in [1.807, 2.05) is 0 Å². The molecule has 152 valence electrons. The number of ether oxygens (including phenoxy) is 3. The van der Waals surface area contributed by atoms with E-state index in [0.29, 0.717) is 5.56 Å². The third-order valence-corrected chi connectivity index (χ3v) is 4.38. The number of alkyl halides is 2. The molecular weight excluding hydrogens is 388 g/mol. The highest BCUT2D eigenvalue weighted by molar-refractivity contribution is 6.22. The predicted octanol–water partition coefficient (Wildman–Crippen LogP) is 3.02. The van der Waals surface area contributed by atoms with Crippen LogP contribution in [0.2, 0.25) is 0 Å². The molecule has 1 heterocycles. The molecule has 0 saturated carbocycles. The van der Waals surface area contributed by atoms with Gasteiger partial charge in [-0.3, -0.25) is 14.5 Å². The first-order valence-corrected chi connectivity index (χ1v) is 8.58. The molecule has 2 amide bonds. The molecule has 0 spiro atoms. The van der Waals surface area contributed by atoms with Crippen molar-refractivity contribution < 1.29 is 37.4 Å². The Morgan fingerprint density at radius 1 is 1.03 bits per heavy atom. The van der Waals surface area contributed by atoms with Crippen molar-refractivity contribution in [2.45, 2.75) is 26.2 Å². The van der Waals surface area contributed by atoms with Gasteiger partial charge in [-0.2, -0.15) is 8.78 Å². The lowest BCUT2D eigenvalue weighted by molar-refractivity contribution is -0.149. The summed E-state index contributed by atoms with van der Waals surface area (Å²) in [5.41, 5.74) is 0.916. The SMILES string of the molecule is COc1cc(COC(=O)[C@H](C)N2C(=O)c3ccccc3C2=O)ccc1OC(F)F. The van der Waals surface area contributed by atoms with Crippen LogP contribution in [-0.2, 0) is 16.1 Å². The summed E-state index contributed by atoms with van der Waals surface area (Å²) in [7, 11) is 1.29. The van der Waals surface area contributed by atoms with E-state index < -0.39 is 30.4 Å². The Balaban J connectivity index is 1.67. The summed E-state index contributed by atoms with van der Waals surface area (Å²) in [4.78, 5) is 38.1. The first-order valence-electron chi connectivity index (χ1n) is 8.58. The van der Waals surface area contributed by atoms with Crippen LogP contribution in [0.15, 0.2) is 42.5 Å². The van der Waals surface area contributed by atoms with Crippen molar-refractivity contribution in [3.63, 3.8) is 0 Å². The zero-order chi connectivity index (χ0) is 21.1. The molecule has 0 bridgehead atoms. The molecule has 0 saturated heterocycles. The number of amides is 2. The van der Waals surface area contributed by atoms with Crippen LogP contribution in [0.25, 0.3) is 0 Å². The molecule has 1 atom stereocenters. The maximum atomic E-state index is 12.4. The van der Waals surface area contributed by atoms with E-state index in [0.717, 1.165) is 4.90 Å². The van der Waals surface area contributed by atoms with Crippen LogP contribution in [0.3, 0.4) is 0 Å². The van der Waals surface area contributed by atoms with E-state index >= 15 is 0 Å². The van der Waals surface area contributed by atoms with Crippen LogP contribution >= 0.6 is 0 Å². The molecule has 0 aromatic heterocycles. The van der Waals surface area contributed by atoms with Gasteiger partial charge in [-0.05, 0) is 36.8 Å². The number of benzene rings is 2. The van der Waals surface area contributed by atoms with E-state index in [-0.39, 0.29) is 29.2 Å². The van der Waals surface area contributed by atoms with E-state index in [2.05, 4.69) is 4.74 Å². The Hall–Kier alpha value is -3.49. The summed E-state index contributed by atoms with van der Waals surface area (Å²) in [5.74, 6) is -2.02. The van der Waals surface area contributed by atoms with Crippen molar-refractivity contribution in [1.82, 2.24) is 4.90 Å². The van der Waals surface area contributed by atoms with Gasteiger partial charge in [0.1, 0.15) is 12.6 Å². The van der Waals surface area contributed by atoms with Gasteiger partial charge in [0.05, 0.1) is 18.2 Å². The van der Waals surface area contributed by atoms with Gasteiger partial charge in [0, 0.05) is 0 Å². The van der Waals surface area contributed by atoms with E-state index in [1.54, 1.807) is 12.1 Å². The van der Waals surface area contributed by atoms with Crippen molar-refractivity contribution in [3.8, 4) is 11.5 Å². The number of hydrogen-bond donors (Lipinski definition) is 0. The largest absolute Gasteiger partial charge is 0.493 e. The second kappa shape index (κ2) is 8.26. The topological polar surface area (TPSA) is 82.1 Å². The van der Waals surface area contributed by atoms with Gasteiger partial charge in [0.15, 0.2) is 11.5 Å². The molecule has 29 heavy (non-hydrogen) atoms. The van der Waals surface area contributed by atoms with Gasteiger partial charge in [-0.25, -0.2) is 4.79 Å². The Labute approximate surface area is 164 Å².